The van der Waals surface area contributed by atoms with E-state index >= 15 is 0 Å². The number of anilines is 1. The minimum Gasteiger partial charge on any atom is -0.495 e. The van der Waals surface area contributed by atoms with Gasteiger partial charge in [-0.15, -0.1) is 11.8 Å². The number of hydrogen-bond donors (Lipinski definition) is 2. The highest BCUT2D eigenvalue weighted by atomic mass is 32.2. The first-order valence-electron chi connectivity index (χ1n) is 9.14. The van der Waals surface area contributed by atoms with Gasteiger partial charge in [-0.3, -0.25) is 4.79 Å². The standard InChI is InChI=1S/C23H20N4O2S/c1-14-20(22(28)27-18-6-4-5-7-19(18)29-2)21(17(13-25)23(26-14)30-3)16-10-8-15(12-24)9-11-16/h4-11,21,26H,1-3H3,(H,27,28). The van der Waals surface area contributed by atoms with Crippen LogP contribution in [-0.2, 0) is 4.79 Å². The van der Waals surface area contributed by atoms with Crippen LogP contribution < -0.4 is 15.4 Å². The summed E-state index contributed by atoms with van der Waals surface area (Å²) in [5.41, 5.74) is 3.40. The van der Waals surface area contributed by atoms with Crippen molar-refractivity contribution in [2.75, 3.05) is 18.7 Å². The van der Waals surface area contributed by atoms with E-state index in [1.165, 1.54) is 11.8 Å². The number of nitrogens with zero attached hydrogens (tertiary/aromatic N) is 2. The minimum absolute atomic E-state index is 0.327. The molecule has 0 fully saturated rings. The third-order valence-corrected chi connectivity index (χ3v) is 5.55. The predicted molar refractivity (Wildman–Crippen MR) is 118 cm³/mol. The lowest BCUT2D eigenvalue weighted by atomic mass is 9.82. The average molecular weight is 417 g/mol. The molecule has 0 radical (unpaired) electrons. The van der Waals surface area contributed by atoms with Crippen molar-refractivity contribution in [2.24, 2.45) is 0 Å². The predicted octanol–water partition coefficient (Wildman–Crippen LogP) is 4.26. The molecule has 2 aromatic rings. The molecule has 6 nitrogen and oxygen atoms in total. The zero-order valence-corrected chi connectivity index (χ0v) is 17.6. The van der Waals surface area contributed by atoms with Gasteiger partial charge in [0.1, 0.15) is 5.75 Å². The molecule has 1 unspecified atom stereocenters. The maximum Gasteiger partial charge on any atom is 0.254 e. The van der Waals surface area contributed by atoms with Gasteiger partial charge in [-0.1, -0.05) is 24.3 Å². The van der Waals surface area contributed by atoms with Crippen LogP contribution in [0.4, 0.5) is 5.69 Å². The van der Waals surface area contributed by atoms with Gasteiger partial charge >= 0.3 is 0 Å². The Hall–Kier alpha value is -3.68. The average Bonchev–Trinajstić information content (AvgIpc) is 2.78. The highest BCUT2D eigenvalue weighted by molar-refractivity contribution is 8.02. The molecule has 30 heavy (non-hydrogen) atoms. The smallest absolute Gasteiger partial charge is 0.254 e. The highest BCUT2D eigenvalue weighted by Crippen LogP contribution is 2.40. The molecule has 0 spiro atoms. The summed E-state index contributed by atoms with van der Waals surface area (Å²) >= 11 is 1.42. The summed E-state index contributed by atoms with van der Waals surface area (Å²) < 4.78 is 5.33. The van der Waals surface area contributed by atoms with E-state index in [0.717, 1.165) is 5.56 Å². The Balaban J connectivity index is 2.08. The molecule has 1 atom stereocenters. The Morgan fingerprint density at radius 2 is 1.83 bits per heavy atom. The molecule has 3 rings (SSSR count). The fourth-order valence-electron chi connectivity index (χ4n) is 3.40. The van der Waals surface area contributed by atoms with Crippen LogP contribution in [0.15, 0.2) is 70.4 Å². The van der Waals surface area contributed by atoms with Crippen molar-refractivity contribution in [3.05, 3.63) is 81.5 Å². The monoisotopic (exact) mass is 416 g/mol. The fraction of sp³-hybridized carbons (Fsp3) is 0.174. The lowest BCUT2D eigenvalue weighted by molar-refractivity contribution is -0.113. The van der Waals surface area contributed by atoms with Crippen LogP contribution in [0.3, 0.4) is 0 Å². The second-order valence-electron chi connectivity index (χ2n) is 6.54. The number of para-hydroxylation sites is 2. The van der Waals surface area contributed by atoms with Gasteiger partial charge in [-0.2, -0.15) is 10.5 Å². The van der Waals surface area contributed by atoms with E-state index in [4.69, 9.17) is 10.00 Å². The molecule has 1 heterocycles. The Kier molecular flexibility index (Phi) is 6.46. The third kappa shape index (κ3) is 4.03. The third-order valence-electron chi connectivity index (χ3n) is 4.82. The number of carbonyl (C=O) groups is 1. The molecule has 1 aliphatic rings. The van der Waals surface area contributed by atoms with Gasteiger partial charge < -0.3 is 15.4 Å². The second-order valence-corrected chi connectivity index (χ2v) is 7.36. The summed E-state index contributed by atoms with van der Waals surface area (Å²) in [5.74, 6) is -0.337. The van der Waals surface area contributed by atoms with Crippen molar-refractivity contribution in [2.45, 2.75) is 12.8 Å². The highest BCUT2D eigenvalue weighted by Gasteiger charge is 2.34. The second kappa shape index (κ2) is 9.21. The van der Waals surface area contributed by atoms with Gasteiger partial charge in [0.2, 0.25) is 0 Å². The van der Waals surface area contributed by atoms with Gasteiger partial charge in [0, 0.05) is 11.3 Å². The van der Waals surface area contributed by atoms with Crippen LogP contribution in [0.25, 0.3) is 0 Å². The maximum absolute atomic E-state index is 13.4. The van der Waals surface area contributed by atoms with E-state index in [1.54, 1.807) is 43.5 Å². The lowest BCUT2D eigenvalue weighted by Crippen LogP contribution is -2.30. The topological polar surface area (TPSA) is 97.9 Å². The SMILES string of the molecule is COc1ccccc1NC(=O)C1=C(C)NC(SC)=C(C#N)C1c1ccc(C#N)cc1. The Bertz CT molecular complexity index is 1120. The molecule has 1 aliphatic heterocycles. The van der Waals surface area contributed by atoms with Gasteiger partial charge in [0.05, 0.1) is 47.0 Å². The molecular weight excluding hydrogens is 396 g/mol. The number of methoxy groups -OCH3 is 1. The molecule has 2 N–H and O–H groups in total. The summed E-state index contributed by atoms with van der Waals surface area (Å²) in [6, 6.07) is 18.5. The van der Waals surface area contributed by atoms with Crippen molar-refractivity contribution in [1.82, 2.24) is 5.32 Å². The zero-order valence-electron chi connectivity index (χ0n) is 16.8. The van der Waals surface area contributed by atoms with Crippen molar-refractivity contribution in [3.63, 3.8) is 0 Å². The number of nitrogens with one attached hydrogen (secondary N) is 2. The normalized spacial score (nSPS) is 15.7. The van der Waals surface area contributed by atoms with Crippen LogP contribution in [0, 0.1) is 22.7 Å². The number of thioether (sulfide) groups is 1. The molecule has 0 aliphatic carbocycles. The van der Waals surface area contributed by atoms with Crippen molar-refractivity contribution in [3.8, 4) is 17.9 Å². The number of amides is 1. The first-order valence-corrected chi connectivity index (χ1v) is 10.4. The molecule has 2 aromatic carbocycles. The molecular formula is C23H20N4O2S. The summed E-state index contributed by atoms with van der Waals surface area (Å²) in [6.07, 6.45) is 1.88. The Labute approximate surface area is 179 Å². The summed E-state index contributed by atoms with van der Waals surface area (Å²) in [6.45, 7) is 1.82. The van der Waals surface area contributed by atoms with Gasteiger partial charge in [0.25, 0.3) is 5.91 Å². The van der Waals surface area contributed by atoms with Crippen molar-refractivity contribution < 1.29 is 9.53 Å². The van der Waals surface area contributed by atoms with E-state index in [9.17, 15) is 10.1 Å². The number of benzene rings is 2. The van der Waals surface area contributed by atoms with Crippen LogP contribution in [0.1, 0.15) is 24.0 Å². The fourth-order valence-corrected chi connectivity index (χ4v) is 4.03. The van der Waals surface area contributed by atoms with Crippen LogP contribution in [-0.4, -0.2) is 19.3 Å². The number of rotatable bonds is 5. The molecule has 7 heteroatoms. The van der Waals surface area contributed by atoms with Gasteiger partial charge in [-0.05, 0) is 43.0 Å². The van der Waals surface area contributed by atoms with Crippen LogP contribution in [0.5, 0.6) is 5.75 Å². The molecule has 0 saturated carbocycles. The molecule has 0 aromatic heterocycles. The number of ether oxygens (including phenoxy) is 1. The number of allylic oxidation sites excluding steroid dienone is 2. The van der Waals surface area contributed by atoms with E-state index in [-0.39, 0.29) is 5.91 Å². The summed E-state index contributed by atoms with van der Waals surface area (Å²) in [5, 5.41) is 25.8. The maximum atomic E-state index is 13.4. The van der Waals surface area contributed by atoms with Crippen LogP contribution >= 0.6 is 11.8 Å². The molecule has 150 valence electrons. The first-order chi connectivity index (χ1) is 14.5. The van der Waals surface area contributed by atoms with Crippen molar-refractivity contribution in [1.29, 1.82) is 10.5 Å². The quantitative estimate of drug-likeness (QED) is 0.756. The largest absolute Gasteiger partial charge is 0.495 e. The lowest BCUT2D eigenvalue weighted by Gasteiger charge is -2.29. The summed E-state index contributed by atoms with van der Waals surface area (Å²) in [4.78, 5) is 13.4. The number of dihydropyridines is 1. The number of carbonyl (C=O) groups excluding carboxylic acids is 1. The Morgan fingerprint density at radius 3 is 2.43 bits per heavy atom. The van der Waals surface area contributed by atoms with Crippen molar-refractivity contribution >= 4 is 23.4 Å². The Morgan fingerprint density at radius 1 is 1.13 bits per heavy atom. The number of hydrogen-bond acceptors (Lipinski definition) is 6. The first kappa shape index (κ1) is 21.0. The zero-order chi connectivity index (χ0) is 21.7. The van der Waals surface area contributed by atoms with E-state index in [0.29, 0.717) is 38.9 Å². The van der Waals surface area contributed by atoms with Gasteiger partial charge in [-0.25, -0.2) is 0 Å². The number of nitriles is 2. The van der Waals surface area contributed by atoms with E-state index in [2.05, 4.69) is 22.8 Å². The summed E-state index contributed by atoms with van der Waals surface area (Å²) in [7, 11) is 1.54. The van der Waals surface area contributed by atoms with E-state index < -0.39 is 5.92 Å². The molecule has 1 amide bonds. The van der Waals surface area contributed by atoms with Gasteiger partial charge in [0.15, 0.2) is 0 Å². The molecule has 0 bridgehead atoms. The minimum atomic E-state index is -0.554. The van der Waals surface area contributed by atoms with E-state index in [1.807, 2.05) is 25.3 Å². The van der Waals surface area contributed by atoms with Crippen LogP contribution in [0.2, 0.25) is 0 Å². The molecule has 0 saturated heterocycles.